The number of nitrogens with zero attached hydrogens (tertiary/aromatic N) is 1. The summed E-state index contributed by atoms with van der Waals surface area (Å²) in [6, 6.07) is 9.68. The van der Waals surface area contributed by atoms with Crippen LogP contribution in [0.25, 0.3) is 10.9 Å². The van der Waals surface area contributed by atoms with Gasteiger partial charge in [-0.1, -0.05) is 6.07 Å². The first kappa shape index (κ1) is 8.38. The first-order chi connectivity index (χ1) is 6.29. The molecule has 0 radical (unpaired) electrons. The van der Waals surface area contributed by atoms with Crippen molar-refractivity contribution in [1.82, 2.24) is 4.98 Å². The van der Waals surface area contributed by atoms with Gasteiger partial charge < -0.3 is 4.18 Å². The molecule has 0 spiro atoms. The predicted molar refractivity (Wildman–Crippen MR) is 56.1 cm³/mol. The Labute approximate surface area is 82.2 Å². The molecule has 1 heterocycles. The fraction of sp³-hybridized carbons (Fsp3) is 0.100. The molecule has 0 amide bonds. The Morgan fingerprint density at radius 1 is 1.23 bits per heavy atom. The fourth-order valence-electron chi connectivity index (χ4n) is 1.26. The first-order valence-corrected chi connectivity index (χ1v) is 4.35. The van der Waals surface area contributed by atoms with E-state index in [9.17, 15) is 0 Å². The van der Waals surface area contributed by atoms with Crippen LogP contribution in [0.2, 0.25) is 0 Å². The van der Waals surface area contributed by atoms with Gasteiger partial charge >= 0.3 is 0 Å². The molecule has 0 saturated carbocycles. The van der Waals surface area contributed by atoms with Gasteiger partial charge in [0.1, 0.15) is 5.75 Å². The SMILES string of the molecule is Cc1ccc2cc(OS)ccc2n1. The molecule has 0 bridgehead atoms. The number of aromatic nitrogens is 1. The minimum absolute atomic E-state index is 0.737. The zero-order valence-corrected chi connectivity index (χ0v) is 8.08. The van der Waals surface area contributed by atoms with Crippen LogP contribution in [0.15, 0.2) is 30.3 Å². The zero-order valence-electron chi connectivity index (χ0n) is 7.19. The molecule has 0 saturated heterocycles. The summed E-state index contributed by atoms with van der Waals surface area (Å²) >= 11 is 3.74. The second-order valence-electron chi connectivity index (χ2n) is 2.90. The molecule has 0 unspecified atom stereocenters. The van der Waals surface area contributed by atoms with E-state index in [4.69, 9.17) is 4.18 Å². The van der Waals surface area contributed by atoms with E-state index in [0.717, 1.165) is 22.3 Å². The lowest BCUT2D eigenvalue weighted by molar-refractivity contribution is 0.660. The molecular formula is C10H9NOS. The van der Waals surface area contributed by atoms with Gasteiger partial charge in [0, 0.05) is 24.0 Å². The van der Waals surface area contributed by atoms with Crippen LogP contribution in [0.5, 0.6) is 5.75 Å². The number of hydrogen-bond acceptors (Lipinski definition) is 3. The average Bonchev–Trinajstić information content (AvgIpc) is 2.17. The number of pyridine rings is 1. The Morgan fingerprint density at radius 2 is 2.08 bits per heavy atom. The summed E-state index contributed by atoms with van der Waals surface area (Å²) in [7, 11) is 0. The van der Waals surface area contributed by atoms with Crippen LogP contribution in [0.3, 0.4) is 0 Å². The molecule has 0 aliphatic carbocycles. The maximum Gasteiger partial charge on any atom is 0.137 e. The van der Waals surface area contributed by atoms with Gasteiger partial charge in [-0.25, -0.2) is 0 Å². The van der Waals surface area contributed by atoms with Gasteiger partial charge in [0.15, 0.2) is 0 Å². The first-order valence-electron chi connectivity index (χ1n) is 3.98. The summed E-state index contributed by atoms with van der Waals surface area (Å²) in [6.45, 7) is 1.97. The molecule has 3 heteroatoms. The Bertz CT molecular complexity index is 442. The molecule has 0 aliphatic heterocycles. The Kier molecular flexibility index (Phi) is 2.10. The van der Waals surface area contributed by atoms with Gasteiger partial charge in [-0.15, -0.1) is 0 Å². The Balaban J connectivity index is 2.66. The highest BCUT2D eigenvalue weighted by Gasteiger charge is 1.97. The second-order valence-corrected chi connectivity index (χ2v) is 3.08. The van der Waals surface area contributed by atoms with Crippen LogP contribution in [0, 0.1) is 6.92 Å². The van der Waals surface area contributed by atoms with E-state index < -0.39 is 0 Å². The molecule has 0 fully saturated rings. The predicted octanol–water partition coefficient (Wildman–Crippen LogP) is 2.77. The molecule has 0 atom stereocenters. The second kappa shape index (κ2) is 3.26. The van der Waals surface area contributed by atoms with Crippen molar-refractivity contribution in [1.29, 1.82) is 0 Å². The molecular weight excluding hydrogens is 182 g/mol. The van der Waals surface area contributed by atoms with Gasteiger partial charge in [-0.2, -0.15) is 0 Å². The van der Waals surface area contributed by atoms with E-state index in [1.54, 1.807) is 0 Å². The van der Waals surface area contributed by atoms with Crippen molar-refractivity contribution in [2.24, 2.45) is 0 Å². The van der Waals surface area contributed by atoms with Crippen molar-refractivity contribution in [2.45, 2.75) is 6.92 Å². The van der Waals surface area contributed by atoms with E-state index in [0.29, 0.717) is 0 Å². The topological polar surface area (TPSA) is 22.1 Å². The molecule has 0 N–H and O–H groups in total. The van der Waals surface area contributed by atoms with E-state index >= 15 is 0 Å². The maximum atomic E-state index is 4.82. The van der Waals surface area contributed by atoms with Crippen molar-refractivity contribution in [3.63, 3.8) is 0 Å². The Hall–Kier alpha value is -1.22. The third-order valence-electron chi connectivity index (χ3n) is 1.91. The van der Waals surface area contributed by atoms with Crippen LogP contribution >= 0.6 is 12.9 Å². The Morgan fingerprint density at radius 3 is 2.85 bits per heavy atom. The quantitative estimate of drug-likeness (QED) is 0.553. The summed E-state index contributed by atoms with van der Waals surface area (Å²) in [5.74, 6) is 0.737. The van der Waals surface area contributed by atoms with E-state index in [1.165, 1.54) is 0 Å². The molecule has 2 rings (SSSR count). The highest BCUT2D eigenvalue weighted by atomic mass is 32.1. The molecule has 2 aromatic rings. The number of fused-ring (bicyclic) bond motifs is 1. The van der Waals surface area contributed by atoms with Crippen LogP contribution in [-0.4, -0.2) is 4.98 Å². The summed E-state index contributed by atoms with van der Waals surface area (Å²) in [5.41, 5.74) is 2.00. The van der Waals surface area contributed by atoms with Crippen molar-refractivity contribution in [3.05, 3.63) is 36.0 Å². The minimum Gasteiger partial charge on any atom is -0.429 e. The molecule has 1 aromatic heterocycles. The molecule has 2 nitrogen and oxygen atoms in total. The maximum absolute atomic E-state index is 4.82. The third kappa shape index (κ3) is 1.60. The van der Waals surface area contributed by atoms with Crippen molar-refractivity contribution in [3.8, 4) is 5.75 Å². The minimum atomic E-state index is 0.737. The van der Waals surface area contributed by atoms with Gasteiger partial charge in [0.25, 0.3) is 0 Å². The van der Waals surface area contributed by atoms with E-state index in [2.05, 4.69) is 17.9 Å². The van der Waals surface area contributed by atoms with Crippen LogP contribution in [0.1, 0.15) is 5.69 Å². The number of benzene rings is 1. The lowest BCUT2D eigenvalue weighted by Crippen LogP contribution is -1.83. The number of thiol groups is 1. The fourth-order valence-corrected chi connectivity index (χ4v) is 1.38. The monoisotopic (exact) mass is 191 g/mol. The van der Waals surface area contributed by atoms with Gasteiger partial charge in [-0.05, 0) is 31.2 Å². The lowest BCUT2D eigenvalue weighted by atomic mass is 10.2. The summed E-state index contributed by atoms with van der Waals surface area (Å²) < 4.78 is 4.82. The largest absolute Gasteiger partial charge is 0.429 e. The van der Waals surface area contributed by atoms with Crippen molar-refractivity contribution < 1.29 is 4.18 Å². The van der Waals surface area contributed by atoms with Crippen LogP contribution < -0.4 is 4.18 Å². The van der Waals surface area contributed by atoms with Crippen molar-refractivity contribution >= 4 is 23.8 Å². The average molecular weight is 191 g/mol. The van der Waals surface area contributed by atoms with E-state index in [-0.39, 0.29) is 0 Å². The smallest absolute Gasteiger partial charge is 0.137 e. The summed E-state index contributed by atoms with van der Waals surface area (Å²) in [5, 5.41) is 1.07. The lowest BCUT2D eigenvalue weighted by Gasteiger charge is -2.00. The molecule has 1 aromatic carbocycles. The molecule has 66 valence electrons. The molecule has 13 heavy (non-hydrogen) atoms. The molecule has 0 aliphatic rings. The number of rotatable bonds is 1. The van der Waals surface area contributed by atoms with E-state index in [1.807, 2.05) is 37.3 Å². The number of aryl methyl sites for hydroxylation is 1. The number of hydrogen-bond donors (Lipinski definition) is 1. The van der Waals surface area contributed by atoms with Gasteiger partial charge in [0.2, 0.25) is 0 Å². The van der Waals surface area contributed by atoms with Crippen LogP contribution in [-0.2, 0) is 0 Å². The van der Waals surface area contributed by atoms with Gasteiger partial charge in [-0.3, -0.25) is 4.98 Å². The third-order valence-corrected chi connectivity index (χ3v) is 2.12. The summed E-state index contributed by atoms with van der Waals surface area (Å²) in [4.78, 5) is 4.37. The zero-order chi connectivity index (χ0) is 9.26. The highest BCUT2D eigenvalue weighted by molar-refractivity contribution is 7.75. The van der Waals surface area contributed by atoms with Crippen molar-refractivity contribution in [2.75, 3.05) is 0 Å². The van der Waals surface area contributed by atoms with Crippen LogP contribution in [0.4, 0.5) is 0 Å². The van der Waals surface area contributed by atoms with Gasteiger partial charge in [0.05, 0.1) is 5.52 Å². The standard InChI is InChI=1S/C10H9NOS/c1-7-2-3-8-6-9(12-13)4-5-10(8)11-7/h2-6,13H,1H3. The summed E-state index contributed by atoms with van der Waals surface area (Å²) in [6.07, 6.45) is 0. The highest BCUT2D eigenvalue weighted by Crippen LogP contribution is 2.20. The normalized spacial score (nSPS) is 10.3.